The molecule has 0 fully saturated rings. The second kappa shape index (κ2) is 43.6. The van der Waals surface area contributed by atoms with Crippen LogP contribution in [-0.4, -0.2) is 76.3 Å². The molecule has 0 aliphatic rings. The maximum absolute atomic E-state index is 12.2. The molecule has 5 nitrogen and oxygen atoms in total. The fraction of sp³-hybridized carbons (Fsp3) is 1.00. The summed E-state index contributed by atoms with van der Waals surface area (Å²) in [7, 11) is 0. The Morgan fingerprint density at radius 2 is 0.783 bits per heavy atom. The Labute approximate surface area is 367 Å². The molecule has 0 aromatic carbocycles. The average molecular weight is 885 g/mol. The fourth-order valence-corrected chi connectivity index (χ4v) is 7.13. The number of hydrogen-bond donors (Lipinski definition) is 5. The van der Waals surface area contributed by atoms with Crippen LogP contribution in [0.15, 0.2) is 0 Å². The maximum Gasteiger partial charge on any atom is 0.414 e. The summed E-state index contributed by atoms with van der Waals surface area (Å²) < 4.78 is 73.3. The minimum atomic E-state index is -4.48. The Bertz CT molecular complexity index is 844. The van der Waals surface area contributed by atoms with Gasteiger partial charge >= 0.3 is 6.18 Å². The van der Waals surface area contributed by atoms with E-state index in [9.17, 15) is 36.6 Å². The van der Waals surface area contributed by atoms with Crippen molar-refractivity contribution in [2.24, 2.45) is 59.2 Å². The quantitative estimate of drug-likeness (QED) is 0.0504. The van der Waals surface area contributed by atoms with Crippen LogP contribution < -0.4 is 0 Å². The van der Waals surface area contributed by atoms with Crippen molar-refractivity contribution >= 4 is 0 Å². The van der Waals surface area contributed by atoms with E-state index in [0.717, 1.165) is 63.2 Å². The van der Waals surface area contributed by atoms with E-state index in [1.165, 1.54) is 38.5 Å². The van der Waals surface area contributed by atoms with Gasteiger partial charge in [0.15, 0.2) is 6.10 Å². The number of aliphatic hydroxyl groups is 5. The standard InChI is InChI=1S/C10H19F3O.C10H20F2O.C10H21FO.C10H22O.C9H20O/c1-4-5-6-8(7(2)3)9(14)10(11,12)13;1-4-5-6-8(7(2)3)9(13)10(11)12;1-4-5-6-9(8(2)3)10(12)7-11;1-4-5-6-10(7-8-11)9(2)3;1-4-5-6-9(7-10)8(2)3/h7-9,14H,4-6H2,1-3H3;7-10,13H,4-6H2,1-3H3;8-10,12H,4-7H2,1-3H3;9-11H,4-8H2,1-3H3;8-10H,4-7H2,1-3H3/t8-,9+;8-,9?;9-,10?;10-;9-/m00011/s1. The molecule has 0 heterocycles. The normalized spacial score (nSPS) is 15.8. The van der Waals surface area contributed by atoms with E-state index in [2.05, 4.69) is 48.5 Å². The van der Waals surface area contributed by atoms with E-state index in [4.69, 9.17) is 15.3 Å². The van der Waals surface area contributed by atoms with Gasteiger partial charge < -0.3 is 25.5 Å². The number of rotatable bonds is 28. The van der Waals surface area contributed by atoms with Gasteiger partial charge in [0, 0.05) is 13.2 Å². The fourth-order valence-electron chi connectivity index (χ4n) is 7.13. The topological polar surface area (TPSA) is 101 Å². The molecule has 5 N–H and O–H groups in total. The summed E-state index contributed by atoms with van der Waals surface area (Å²) >= 11 is 0. The molecule has 2 unspecified atom stereocenters. The first kappa shape index (κ1) is 68.4. The van der Waals surface area contributed by atoms with Gasteiger partial charge in [0.25, 0.3) is 6.43 Å². The third kappa shape index (κ3) is 39.0. The van der Waals surface area contributed by atoms with Crippen molar-refractivity contribution < 1.29 is 51.9 Å². The van der Waals surface area contributed by atoms with Crippen molar-refractivity contribution in [3.63, 3.8) is 0 Å². The molecule has 0 rings (SSSR count). The molecule has 0 aromatic rings. The number of unbranched alkanes of at least 4 members (excludes halogenated alkanes) is 5. The van der Waals surface area contributed by atoms with Crippen LogP contribution in [0.4, 0.5) is 26.3 Å². The Morgan fingerprint density at radius 3 is 1.05 bits per heavy atom. The van der Waals surface area contributed by atoms with Gasteiger partial charge in [-0.1, -0.05) is 174 Å². The molecule has 0 aliphatic heterocycles. The van der Waals surface area contributed by atoms with Gasteiger partial charge in [0.1, 0.15) is 12.8 Å². The highest BCUT2D eigenvalue weighted by molar-refractivity contribution is 4.78. The zero-order chi connectivity index (χ0) is 48.0. The van der Waals surface area contributed by atoms with Gasteiger partial charge in [-0.25, -0.2) is 13.2 Å². The van der Waals surface area contributed by atoms with E-state index in [0.29, 0.717) is 43.8 Å². The molecular formula is C49H102F6O5. The maximum atomic E-state index is 12.2. The van der Waals surface area contributed by atoms with Crippen molar-refractivity contribution in [1.29, 1.82) is 0 Å². The smallest absolute Gasteiger partial charge is 0.396 e. The van der Waals surface area contributed by atoms with Crippen LogP contribution in [0.5, 0.6) is 0 Å². The van der Waals surface area contributed by atoms with E-state index >= 15 is 0 Å². The van der Waals surface area contributed by atoms with Gasteiger partial charge in [-0.15, -0.1) is 0 Å². The Kier molecular flexibility index (Phi) is 49.8. The SMILES string of the molecule is CCCC[C@@H](C(C)C)C(O)C(F)F.CCCC[C@@H](C(C)C)C(O)CF.CCCC[C@@H](C(C)C)[C@@H](O)C(F)(F)F.CCCC[C@H](CCO)C(C)C.CCCC[C@H](CO)C(C)C. The molecule has 370 valence electrons. The first-order valence-electron chi connectivity index (χ1n) is 24.0. The van der Waals surface area contributed by atoms with Crippen molar-refractivity contribution in [2.45, 2.75) is 238 Å². The monoisotopic (exact) mass is 885 g/mol. The van der Waals surface area contributed by atoms with Crippen LogP contribution in [0.2, 0.25) is 0 Å². The number of hydrogen-bond acceptors (Lipinski definition) is 5. The van der Waals surface area contributed by atoms with Crippen LogP contribution in [-0.2, 0) is 0 Å². The largest absolute Gasteiger partial charge is 0.414 e. The van der Waals surface area contributed by atoms with Crippen molar-refractivity contribution in [2.75, 3.05) is 19.9 Å². The summed E-state index contributed by atoms with van der Waals surface area (Å²) in [6.45, 7) is 30.7. The predicted octanol–water partition coefficient (Wildman–Crippen LogP) is 14.5. The first-order valence-corrected chi connectivity index (χ1v) is 24.0. The number of aliphatic hydroxyl groups excluding tert-OH is 5. The van der Waals surface area contributed by atoms with Crippen LogP contribution >= 0.6 is 0 Å². The van der Waals surface area contributed by atoms with Gasteiger partial charge in [-0.05, 0) is 91.3 Å². The second-order valence-corrected chi connectivity index (χ2v) is 18.7. The molecule has 8 atom stereocenters. The van der Waals surface area contributed by atoms with Crippen molar-refractivity contribution in [3.8, 4) is 0 Å². The van der Waals surface area contributed by atoms with E-state index < -0.39 is 43.5 Å². The predicted molar refractivity (Wildman–Crippen MR) is 244 cm³/mol. The average Bonchev–Trinajstić information content (AvgIpc) is 3.17. The summed E-state index contributed by atoms with van der Waals surface area (Å²) in [5, 5.41) is 45.4. The highest BCUT2D eigenvalue weighted by atomic mass is 19.4. The van der Waals surface area contributed by atoms with Crippen LogP contribution in [0, 0.1) is 59.2 Å². The molecule has 0 radical (unpaired) electrons. The minimum absolute atomic E-state index is 0.121. The molecule has 0 saturated heterocycles. The van der Waals surface area contributed by atoms with Gasteiger partial charge in [-0.3, -0.25) is 0 Å². The molecule has 11 heteroatoms. The van der Waals surface area contributed by atoms with E-state index in [-0.39, 0.29) is 23.7 Å². The highest BCUT2D eigenvalue weighted by Crippen LogP contribution is 2.33. The van der Waals surface area contributed by atoms with Crippen LogP contribution in [0.1, 0.15) is 207 Å². The summed E-state index contributed by atoms with van der Waals surface area (Å²) in [5.74, 6) is 2.19. The van der Waals surface area contributed by atoms with Crippen molar-refractivity contribution in [3.05, 3.63) is 0 Å². The minimum Gasteiger partial charge on any atom is -0.396 e. The summed E-state index contributed by atoms with van der Waals surface area (Å²) in [6, 6.07) is 0. The summed E-state index contributed by atoms with van der Waals surface area (Å²) in [6.07, 6.45) is 4.82. The van der Waals surface area contributed by atoms with Gasteiger partial charge in [0.2, 0.25) is 0 Å². The summed E-state index contributed by atoms with van der Waals surface area (Å²) in [4.78, 5) is 0. The van der Waals surface area contributed by atoms with Crippen LogP contribution in [0.3, 0.4) is 0 Å². The number of alkyl halides is 6. The third-order valence-corrected chi connectivity index (χ3v) is 11.8. The molecule has 0 amide bonds. The highest BCUT2D eigenvalue weighted by Gasteiger charge is 2.44. The molecule has 0 saturated carbocycles. The lowest BCUT2D eigenvalue weighted by Crippen LogP contribution is -2.38. The lowest BCUT2D eigenvalue weighted by Gasteiger charge is -2.27. The molecule has 0 aliphatic carbocycles. The van der Waals surface area contributed by atoms with Gasteiger partial charge in [0.05, 0.1) is 6.10 Å². The molecule has 0 aromatic heterocycles. The summed E-state index contributed by atoms with van der Waals surface area (Å²) in [5.41, 5.74) is 0. The Morgan fingerprint density at radius 1 is 0.450 bits per heavy atom. The van der Waals surface area contributed by atoms with E-state index in [1.807, 2.05) is 41.5 Å². The third-order valence-electron chi connectivity index (χ3n) is 11.8. The molecule has 0 spiro atoms. The molecule has 0 bridgehead atoms. The first-order chi connectivity index (χ1) is 27.9. The number of halogens is 6. The molecular weight excluding hydrogens is 783 g/mol. The van der Waals surface area contributed by atoms with Crippen molar-refractivity contribution in [1.82, 2.24) is 0 Å². The second-order valence-electron chi connectivity index (χ2n) is 18.7. The Hall–Kier alpha value is -0.620. The lowest BCUT2D eigenvalue weighted by molar-refractivity contribution is -0.224. The zero-order valence-electron chi connectivity index (χ0n) is 41.5. The van der Waals surface area contributed by atoms with E-state index in [1.54, 1.807) is 13.8 Å². The molecule has 60 heavy (non-hydrogen) atoms. The lowest BCUT2D eigenvalue weighted by atomic mass is 9.85. The van der Waals surface area contributed by atoms with Gasteiger partial charge in [-0.2, -0.15) is 13.2 Å². The zero-order valence-corrected chi connectivity index (χ0v) is 41.5. The van der Waals surface area contributed by atoms with Crippen LogP contribution in [0.25, 0.3) is 0 Å². The Balaban J connectivity index is -0.000000211.